The molecule has 0 bridgehead atoms. The number of hydrogen-bond acceptors (Lipinski definition) is 3. The molecule has 0 aromatic carbocycles. The van der Waals surface area contributed by atoms with E-state index in [-0.39, 0.29) is 5.71 Å². The molecule has 14 heavy (non-hydrogen) atoms. The molecule has 0 aliphatic carbocycles. The number of alkyl halides is 3. The molecule has 0 aliphatic heterocycles. The van der Waals surface area contributed by atoms with E-state index in [9.17, 15) is 18.0 Å². The van der Waals surface area contributed by atoms with Gasteiger partial charge in [0.2, 0.25) is 0 Å². The Labute approximate surface area is 77.9 Å². The van der Waals surface area contributed by atoms with Crippen molar-refractivity contribution in [3.05, 3.63) is 11.8 Å². The third-order valence-corrected chi connectivity index (χ3v) is 1.28. The van der Waals surface area contributed by atoms with Crippen molar-refractivity contribution in [3.8, 4) is 0 Å². The molecule has 4 nitrogen and oxygen atoms in total. The Kier molecular flexibility index (Phi) is 4.13. The SMILES string of the molecule is CC(=NCC(F)(F)F)C(=CN)C(=O)O. The molecule has 0 rings (SSSR count). The molecule has 0 saturated heterocycles. The Balaban J connectivity index is 4.61. The topological polar surface area (TPSA) is 75.7 Å². The molecule has 0 aliphatic rings. The Morgan fingerprint density at radius 2 is 2.07 bits per heavy atom. The maximum atomic E-state index is 11.7. The van der Waals surface area contributed by atoms with E-state index in [1.807, 2.05) is 0 Å². The summed E-state index contributed by atoms with van der Waals surface area (Å²) in [4.78, 5) is 13.4. The molecule has 3 N–H and O–H groups in total. The summed E-state index contributed by atoms with van der Waals surface area (Å²) in [6.45, 7) is -0.262. The second-order valence-electron chi connectivity index (χ2n) is 2.40. The van der Waals surface area contributed by atoms with Crippen molar-refractivity contribution in [1.29, 1.82) is 0 Å². The lowest BCUT2D eigenvalue weighted by atomic mass is 10.2. The predicted octanol–water partition coefficient (Wildman–Crippen LogP) is 0.937. The maximum Gasteiger partial charge on any atom is 0.407 e. The average Bonchev–Trinajstić information content (AvgIpc) is 2.00. The fourth-order valence-corrected chi connectivity index (χ4v) is 0.640. The van der Waals surface area contributed by atoms with Crippen molar-refractivity contribution < 1.29 is 23.1 Å². The Hall–Kier alpha value is -1.53. The van der Waals surface area contributed by atoms with Gasteiger partial charge in [0, 0.05) is 11.9 Å². The van der Waals surface area contributed by atoms with E-state index >= 15 is 0 Å². The van der Waals surface area contributed by atoms with Crippen molar-refractivity contribution in [2.24, 2.45) is 10.7 Å². The number of carboxylic acids is 1. The number of aliphatic imine (C=N–C) groups is 1. The number of nitrogens with two attached hydrogens (primary N) is 1. The van der Waals surface area contributed by atoms with Gasteiger partial charge in [-0.1, -0.05) is 0 Å². The fraction of sp³-hybridized carbons (Fsp3) is 0.429. The zero-order chi connectivity index (χ0) is 11.4. The normalized spacial score (nSPS) is 14.3. The van der Waals surface area contributed by atoms with Crippen LogP contribution in [0, 0.1) is 0 Å². The number of carbonyl (C=O) groups is 1. The largest absolute Gasteiger partial charge is 0.478 e. The van der Waals surface area contributed by atoms with Crippen LogP contribution < -0.4 is 5.73 Å². The summed E-state index contributed by atoms with van der Waals surface area (Å²) in [5.41, 5.74) is 4.22. The van der Waals surface area contributed by atoms with Crippen molar-refractivity contribution in [1.82, 2.24) is 0 Å². The van der Waals surface area contributed by atoms with Gasteiger partial charge >= 0.3 is 12.1 Å². The standard InChI is InChI=1S/C7H9F3N2O2/c1-4(5(2-11)6(13)14)12-3-7(8,9)10/h2H,3,11H2,1H3,(H,13,14). The number of hydrogen-bond donors (Lipinski definition) is 2. The molecule has 0 spiro atoms. The highest BCUT2D eigenvalue weighted by Gasteiger charge is 2.26. The van der Waals surface area contributed by atoms with Gasteiger partial charge in [-0.25, -0.2) is 4.79 Å². The molecule has 0 aromatic heterocycles. The first kappa shape index (κ1) is 12.5. The maximum absolute atomic E-state index is 11.7. The van der Waals surface area contributed by atoms with E-state index in [2.05, 4.69) is 4.99 Å². The van der Waals surface area contributed by atoms with Crippen LogP contribution in [0.4, 0.5) is 13.2 Å². The van der Waals surface area contributed by atoms with E-state index in [0.29, 0.717) is 6.20 Å². The quantitative estimate of drug-likeness (QED) is 0.537. The van der Waals surface area contributed by atoms with Crippen LogP contribution in [0.2, 0.25) is 0 Å². The minimum atomic E-state index is -4.44. The summed E-state index contributed by atoms with van der Waals surface area (Å²) < 4.78 is 35.0. The second-order valence-corrected chi connectivity index (χ2v) is 2.40. The summed E-state index contributed by atoms with van der Waals surface area (Å²) in [6.07, 6.45) is -3.74. The minimum absolute atomic E-state index is 0.252. The van der Waals surface area contributed by atoms with Crippen molar-refractivity contribution in [2.45, 2.75) is 13.1 Å². The van der Waals surface area contributed by atoms with Crippen LogP contribution in [-0.2, 0) is 4.79 Å². The molecule has 0 heterocycles. The van der Waals surface area contributed by atoms with Gasteiger partial charge in [0.25, 0.3) is 0 Å². The summed E-state index contributed by atoms with van der Waals surface area (Å²) in [7, 11) is 0. The van der Waals surface area contributed by atoms with E-state index in [1.54, 1.807) is 0 Å². The first-order valence-corrected chi connectivity index (χ1v) is 3.51. The van der Waals surface area contributed by atoms with Gasteiger partial charge in [0.05, 0.1) is 5.57 Å². The smallest absolute Gasteiger partial charge is 0.407 e. The van der Waals surface area contributed by atoms with Crippen LogP contribution in [0.15, 0.2) is 16.8 Å². The molecule has 0 unspecified atom stereocenters. The van der Waals surface area contributed by atoms with Crippen molar-refractivity contribution >= 4 is 11.7 Å². The van der Waals surface area contributed by atoms with Crippen molar-refractivity contribution in [2.75, 3.05) is 6.54 Å². The molecular weight excluding hydrogens is 201 g/mol. The third-order valence-electron chi connectivity index (χ3n) is 1.28. The van der Waals surface area contributed by atoms with Crippen LogP contribution in [0.1, 0.15) is 6.92 Å². The fourth-order valence-electron chi connectivity index (χ4n) is 0.640. The van der Waals surface area contributed by atoms with Crippen LogP contribution in [0.25, 0.3) is 0 Å². The lowest BCUT2D eigenvalue weighted by Crippen LogP contribution is -2.17. The summed E-state index contributed by atoms with van der Waals surface area (Å²) in [6, 6.07) is 0. The summed E-state index contributed by atoms with van der Waals surface area (Å²) in [5, 5.41) is 8.46. The molecule has 80 valence electrons. The molecule has 0 atom stereocenters. The van der Waals surface area contributed by atoms with Crippen LogP contribution in [0.3, 0.4) is 0 Å². The number of aliphatic carboxylic acids is 1. The first-order valence-electron chi connectivity index (χ1n) is 3.51. The van der Waals surface area contributed by atoms with Crippen LogP contribution in [0.5, 0.6) is 0 Å². The molecule has 0 amide bonds. The average molecular weight is 210 g/mol. The Bertz CT molecular complexity index is 281. The molecule has 0 saturated carbocycles. The highest BCUT2D eigenvalue weighted by Crippen LogP contribution is 2.15. The number of rotatable bonds is 3. The van der Waals surface area contributed by atoms with Crippen molar-refractivity contribution in [3.63, 3.8) is 0 Å². The highest BCUT2D eigenvalue weighted by atomic mass is 19.4. The summed E-state index contributed by atoms with van der Waals surface area (Å²) >= 11 is 0. The second kappa shape index (κ2) is 4.64. The number of carboxylic acid groups (broad SMARTS) is 1. The van der Waals surface area contributed by atoms with Crippen LogP contribution in [-0.4, -0.2) is 29.5 Å². The van der Waals surface area contributed by atoms with E-state index < -0.39 is 24.3 Å². The first-order chi connectivity index (χ1) is 6.28. The number of nitrogens with zero attached hydrogens (tertiary/aromatic N) is 1. The molecular formula is C7H9F3N2O2. The molecule has 0 aromatic rings. The monoisotopic (exact) mass is 210 g/mol. The molecule has 7 heteroatoms. The molecule has 0 radical (unpaired) electrons. The van der Waals surface area contributed by atoms with E-state index in [4.69, 9.17) is 10.8 Å². The highest BCUT2D eigenvalue weighted by molar-refractivity contribution is 6.18. The van der Waals surface area contributed by atoms with Gasteiger partial charge in [-0.3, -0.25) is 4.99 Å². The molecule has 0 fully saturated rings. The van der Waals surface area contributed by atoms with Gasteiger partial charge in [-0.2, -0.15) is 13.2 Å². The van der Waals surface area contributed by atoms with Gasteiger partial charge in [0.1, 0.15) is 6.54 Å². The van der Waals surface area contributed by atoms with Gasteiger partial charge in [0.15, 0.2) is 0 Å². The number of halogens is 3. The van der Waals surface area contributed by atoms with Gasteiger partial charge in [-0.15, -0.1) is 0 Å². The Morgan fingerprint density at radius 3 is 2.36 bits per heavy atom. The minimum Gasteiger partial charge on any atom is -0.478 e. The van der Waals surface area contributed by atoms with Gasteiger partial charge < -0.3 is 10.8 Å². The summed E-state index contributed by atoms with van der Waals surface area (Å²) in [5.74, 6) is -1.41. The van der Waals surface area contributed by atoms with E-state index in [1.165, 1.54) is 0 Å². The van der Waals surface area contributed by atoms with Gasteiger partial charge in [-0.05, 0) is 6.92 Å². The Morgan fingerprint density at radius 1 is 1.57 bits per heavy atom. The lowest BCUT2D eigenvalue weighted by Gasteiger charge is -2.04. The third kappa shape index (κ3) is 4.48. The zero-order valence-corrected chi connectivity index (χ0v) is 7.30. The van der Waals surface area contributed by atoms with E-state index in [0.717, 1.165) is 6.92 Å². The predicted molar refractivity (Wildman–Crippen MR) is 43.9 cm³/mol. The lowest BCUT2D eigenvalue weighted by molar-refractivity contribution is -0.132. The zero-order valence-electron chi connectivity index (χ0n) is 7.30. The van der Waals surface area contributed by atoms with Crippen LogP contribution >= 0.6 is 0 Å².